The van der Waals surface area contributed by atoms with Gasteiger partial charge in [-0.3, -0.25) is 9.80 Å². The van der Waals surface area contributed by atoms with Crippen LogP contribution in [0.25, 0.3) is 0 Å². The maximum absolute atomic E-state index is 3.42. The highest BCUT2D eigenvalue weighted by Gasteiger charge is 2.36. The average molecular weight is 281 g/mol. The Bertz CT molecular complexity index is 286. The molecule has 2 rings (SSSR count). The Hall–Kier alpha value is -0.120. The zero-order valence-corrected chi connectivity index (χ0v) is 14.1. The van der Waals surface area contributed by atoms with E-state index in [0.717, 1.165) is 18.6 Å². The molecule has 2 fully saturated rings. The van der Waals surface area contributed by atoms with E-state index in [1.54, 1.807) is 0 Å². The molecule has 0 aromatic heterocycles. The fraction of sp³-hybridized carbons (Fsp3) is 1.00. The quantitative estimate of drug-likeness (QED) is 0.807. The van der Waals surface area contributed by atoms with Crippen molar-refractivity contribution in [1.82, 2.24) is 15.1 Å². The van der Waals surface area contributed by atoms with Crippen LogP contribution in [0.4, 0.5) is 0 Å². The van der Waals surface area contributed by atoms with Gasteiger partial charge >= 0.3 is 0 Å². The smallest absolute Gasteiger partial charge is 0.0223 e. The predicted molar refractivity (Wildman–Crippen MR) is 87.2 cm³/mol. The lowest BCUT2D eigenvalue weighted by Gasteiger charge is -2.49. The highest BCUT2D eigenvalue weighted by molar-refractivity contribution is 4.92. The molecule has 0 saturated carbocycles. The minimum absolute atomic E-state index is 0.425. The molecule has 2 heterocycles. The maximum Gasteiger partial charge on any atom is 0.0223 e. The molecule has 0 aromatic carbocycles. The van der Waals surface area contributed by atoms with Crippen LogP contribution in [0.2, 0.25) is 0 Å². The SMILES string of the molecule is CCCC(C)(CNC)CN1CC2CCCCN2CC1C. The van der Waals surface area contributed by atoms with Crippen LogP contribution in [0.5, 0.6) is 0 Å². The van der Waals surface area contributed by atoms with Crippen molar-refractivity contribution >= 4 is 0 Å². The third-order valence-electron chi connectivity index (χ3n) is 5.36. The van der Waals surface area contributed by atoms with Gasteiger partial charge in [-0.25, -0.2) is 0 Å². The predicted octanol–water partition coefficient (Wildman–Crippen LogP) is 2.57. The van der Waals surface area contributed by atoms with Gasteiger partial charge in [0.05, 0.1) is 0 Å². The van der Waals surface area contributed by atoms with E-state index in [0.29, 0.717) is 5.41 Å². The number of fused-ring (bicyclic) bond motifs is 1. The third kappa shape index (κ3) is 3.96. The zero-order chi connectivity index (χ0) is 14.6. The van der Waals surface area contributed by atoms with E-state index in [1.807, 2.05) is 0 Å². The topological polar surface area (TPSA) is 18.5 Å². The van der Waals surface area contributed by atoms with Crippen LogP contribution in [-0.2, 0) is 0 Å². The molecule has 3 unspecified atom stereocenters. The fourth-order valence-corrected chi connectivity index (χ4v) is 4.38. The third-order valence-corrected chi connectivity index (χ3v) is 5.36. The number of nitrogens with zero attached hydrogens (tertiary/aromatic N) is 2. The Morgan fingerprint density at radius 3 is 2.75 bits per heavy atom. The molecule has 2 aliphatic heterocycles. The van der Waals surface area contributed by atoms with Gasteiger partial charge in [-0.1, -0.05) is 26.7 Å². The van der Waals surface area contributed by atoms with E-state index in [9.17, 15) is 0 Å². The first-order valence-electron chi connectivity index (χ1n) is 8.70. The highest BCUT2D eigenvalue weighted by atomic mass is 15.3. The number of hydrogen-bond donors (Lipinski definition) is 1. The molecule has 118 valence electrons. The molecular weight excluding hydrogens is 246 g/mol. The molecule has 0 aliphatic carbocycles. The lowest BCUT2D eigenvalue weighted by atomic mass is 9.83. The normalized spacial score (nSPS) is 31.8. The first-order valence-corrected chi connectivity index (χ1v) is 8.70. The van der Waals surface area contributed by atoms with E-state index in [-0.39, 0.29) is 0 Å². The second-order valence-corrected chi connectivity index (χ2v) is 7.51. The van der Waals surface area contributed by atoms with Gasteiger partial charge in [-0.2, -0.15) is 0 Å². The molecule has 2 aliphatic rings. The second-order valence-electron chi connectivity index (χ2n) is 7.51. The Morgan fingerprint density at radius 1 is 1.25 bits per heavy atom. The number of hydrogen-bond acceptors (Lipinski definition) is 3. The Balaban J connectivity index is 1.96. The summed E-state index contributed by atoms with van der Waals surface area (Å²) >= 11 is 0. The molecule has 0 aromatic rings. The van der Waals surface area contributed by atoms with Crippen molar-refractivity contribution in [3.8, 4) is 0 Å². The van der Waals surface area contributed by atoms with Crippen LogP contribution in [0.15, 0.2) is 0 Å². The van der Waals surface area contributed by atoms with Gasteiger partial charge in [0.2, 0.25) is 0 Å². The van der Waals surface area contributed by atoms with Crippen LogP contribution >= 0.6 is 0 Å². The summed E-state index contributed by atoms with van der Waals surface area (Å²) in [7, 11) is 2.09. The summed E-state index contributed by atoms with van der Waals surface area (Å²) in [6, 6.07) is 1.55. The maximum atomic E-state index is 3.42. The van der Waals surface area contributed by atoms with Crippen LogP contribution in [0.3, 0.4) is 0 Å². The molecular formula is C17H35N3. The number of piperidine rings is 1. The Morgan fingerprint density at radius 2 is 2.05 bits per heavy atom. The van der Waals surface area contributed by atoms with Crippen LogP contribution in [-0.4, -0.2) is 61.7 Å². The van der Waals surface area contributed by atoms with E-state index in [2.05, 4.69) is 42.9 Å². The Kier molecular flexibility index (Phi) is 5.88. The summed E-state index contributed by atoms with van der Waals surface area (Å²) < 4.78 is 0. The van der Waals surface area contributed by atoms with Gasteiger partial charge in [-0.05, 0) is 45.2 Å². The minimum atomic E-state index is 0.425. The van der Waals surface area contributed by atoms with E-state index in [4.69, 9.17) is 0 Å². The van der Waals surface area contributed by atoms with Gasteiger partial charge < -0.3 is 5.32 Å². The Labute approximate surface area is 126 Å². The first kappa shape index (κ1) is 16.3. The van der Waals surface area contributed by atoms with Crippen molar-refractivity contribution < 1.29 is 0 Å². The standard InChI is InChI=1S/C17H35N3/c1-5-9-17(3,13-18-4)14-20-12-16-8-6-7-10-19(16)11-15(20)2/h15-16,18H,5-14H2,1-4H3. The first-order chi connectivity index (χ1) is 9.58. The van der Waals surface area contributed by atoms with Crippen LogP contribution in [0.1, 0.15) is 52.9 Å². The van der Waals surface area contributed by atoms with Crippen molar-refractivity contribution in [3.05, 3.63) is 0 Å². The molecule has 3 nitrogen and oxygen atoms in total. The molecule has 3 heteroatoms. The van der Waals surface area contributed by atoms with Gasteiger partial charge in [0.15, 0.2) is 0 Å². The minimum Gasteiger partial charge on any atom is -0.319 e. The van der Waals surface area contributed by atoms with Crippen molar-refractivity contribution in [2.24, 2.45) is 5.41 Å². The molecule has 1 N–H and O–H groups in total. The largest absolute Gasteiger partial charge is 0.319 e. The van der Waals surface area contributed by atoms with Crippen molar-refractivity contribution in [3.63, 3.8) is 0 Å². The molecule has 3 atom stereocenters. The monoisotopic (exact) mass is 281 g/mol. The highest BCUT2D eigenvalue weighted by Crippen LogP contribution is 2.29. The van der Waals surface area contributed by atoms with Crippen molar-refractivity contribution in [2.75, 3.05) is 39.8 Å². The number of nitrogens with one attached hydrogen (secondary N) is 1. The second kappa shape index (κ2) is 7.24. The average Bonchev–Trinajstić information content (AvgIpc) is 2.40. The van der Waals surface area contributed by atoms with Crippen molar-refractivity contribution in [1.29, 1.82) is 0 Å². The van der Waals surface area contributed by atoms with E-state index in [1.165, 1.54) is 58.3 Å². The molecule has 0 spiro atoms. The van der Waals surface area contributed by atoms with Gasteiger partial charge in [0, 0.05) is 38.3 Å². The number of piperazine rings is 1. The summed E-state index contributed by atoms with van der Waals surface area (Å²) in [6.07, 6.45) is 6.88. The van der Waals surface area contributed by atoms with Crippen LogP contribution < -0.4 is 5.32 Å². The lowest BCUT2D eigenvalue weighted by Crippen LogP contribution is -2.60. The summed E-state index contributed by atoms with van der Waals surface area (Å²) in [4.78, 5) is 5.53. The van der Waals surface area contributed by atoms with Crippen molar-refractivity contribution in [2.45, 2.75) is 65.0 Å². The van der Waals surface area contributed by atoms with E-state index < -0.39 is 0 Å². The molecule has 0 radical (unpaired) electrons. The summed E-state index contributed by atoms with van der Waals surface area (Å²) in [5.74, 6) is 0. The summed E-state index contributed by atoms with van der Waals surface area (Å²) in [5.41, 5.74) is 0.425. The lowest BCUT2D eigenvalue weighted by molar-refractivity contribution is -0.00568. The molecule has 0 bridgehead atoms. The summed E-state index contributed by atoms with van der Waals surface area (Å²) in [5, 5.41) is 3.42. The van der Waals surface area contributed by atoms with E-state index >= 15 is 0 Å². The number of rotatable bonds is 6. The molecule has 0 amide bonds. The van der Waals surface area contributed by atoms with Gasteiger partial charge in [0.1, 0.15) is 0 Å². The zero-order valence-electron chi connectivity index (χ0n) is 14.1. The summed E-state index contributed by atoms with van der Waals surface area (Å²) in [6.45, 7) is 13.5. The molecule has 20 heavy (non-hydrogen) atoms. The van der Waals surface area contributed by atoms with Crippen LogP contribution in [0, 0.1) is 5.41 Å². The van der Waals surface area contributed by atoms with Gasteiger partial charge in [-0.15, -0.1) is 0 Å². The fourth-order valence-electron chi connectivity index (χ4n) is 4.38. The van der Waals surface area contributed by atoms with Gasteiger partial charge in [0.25, 0.3) is 0 Å². The molecule has 2 saturated heterocycles.